The lowest BCUT2D eigenvalue weighted by atomic mass is 10.0. The predicted molar refractivity (Wildman–Crippen MR) is 59.7 cm³/mol. The highest BCUT2D eigenvalue weighted by atomic mass is 16.6. The van der Waals surface area contributed by atoms with Crippen molar-refractivity contribution in [2.45, 2.75) is 19.8 Å². The number of phenolic OH excluding ortho intramolecular Hbond substituents is 1. The van der Waals surface area contributed by atoms with Crippen molar-refractivity contribution in [1.82, 2.24) is 0 Å². The average molecular weight is 224 g/mol. The van der Waals surface area contributed by atoms with Gasteiger partial charge >= 0.3 is 0 Å². The molecule has 0 saturated carbocycles. The first-order valence-electron chi connectivity index (χ1n) is 5.34. The molecule has 1 aromatic carbocycles. The highest BCUT2D eigenvalue weighted by Gasteiger charge is 2.24. The van der Waals surface area contributed by atoms with Crippen LogP contribution in [0.1, 0.15) is 25.3 Å². The summed E-state index contributed by atoms with van der Waals surface area (Å²) >= 11 is 0. The lowest BCUT2D eigenvalue weighted by Crippen LogP contribution is -2.16. The van der Waals surface area contributed by atoms with E-state index in [1.165, 1.54) is 7.11 Å². The summed E-state index contributed by atoms with van der Waals surface area (Å²) in [6.45, 7) is 5.03. The van der Waals surface area contributed by atoms with Crippen molar-refractivity contribution in [3.63, 3.8) is 0 Å². The molecule has 0 fully saturated rings. The first-order valence-corrected chi connectivity index (χ1v) is 5.34. The van der Waals surface area contributed by atoms with E-state index in [2.05, 4.69) is 0 Å². The Morgan fingerprint density at radius 2 is 2.00 bits per heavy atom. The van der Waals surface area contributed by atoms with Crippen molar-refractivity contribution < 1.29 is 19.3 Å². The van der Waals surface area contributed by atoms with Crippen LogP contribution in [-0.4, -0.2) is 25.4 Å². The third-order valence-corrected chi connectivity index (χ3v) is 2.62. The van der Waals surface area contributed by atoms with Crippen LogP contribution in [0.15, 0.2) is 6.07 Å². The summed E-state index contributed by atoms with van der Waals surface area (Å²) in [4.78, 5) is 0. The molecule has 1 N–H and O–H groups in total. The van der Waals surface area contributed by atoms with E-state index in [1.54, 1.807) is 0 Å². The van der Waals surface area contributed by atoms with Gasteiger partial charge < -0.3 is 19.3 Å². The molecule has 2 rings (SSSR count). The van der Waals surface area contributed by atoms with Gasteiger partial charge in [-0.2, -0.15) is 0 Å². The van der Waals surface area contributed by atoms with Crippen molar-refractivity contribution in [3.05, 3.63) is 11.6 Å². The molecule has 1 heterocycles. The van der Waals surface area contributed by atoms with Crippen LogP contribution in [0.25, 0.3) is 0 Å². The largest absolute Gasteiger partial charge is 0.502 e. The molecule has 0 aliphatic carbocycles. The molecule has 0 atom stereocenters. The molecule has 4 nitrogen and oxygen atoms in total. The van der Waals surface area contributed by atoms with Crippen molar-refractivity contribution in [1.29, 1.82) is 0 Å². The van der Waals surface area contributed by atoms with E-state index in [0.29, 0.717) is 30.5 Å². The second-order valence-corrected chi connectivity index (χ2v) is 4.03. The summed E-state index contributed by atoms with van der Waals surface area (Å²) in [5.41, 5.74) is 0.921. The number of benzene rings is 1. The Bertz CT molecular complexity index is 398. The molecule has 0 saturated heterocycles. The van der Waals surface area contributed by atoms with Crippen LogP contribution in [0, 0.1) is 0 Å². The normalized spacial score (nSPS) is 14.0. The van der Waals surface area contributed by atoms with Gasteiger partial charge in [0.2, 0.25) is 11.5 Å². The molecule has 1 aliphatic heterocycles. The SMILES string of the molecule is COc1c(C(C)C)cc2c(c1O)OCCO2. The van der Waals surface area contributed by atoms with E-state index in [9.17, 15) is 5.11 Å². The molecular formula is C12H16O4. The van der Waals surface area contributed by atoms with Crippen molar-refractivity contribution in [3.8, 4) is 23.0 Å². The number of phenols is 1. The van der Waals surface area contributed by atoms with Crippen molar-refractivity contribution in [2.75, 3.05) is 20.3 Å². The Kier molecular flexibility index (Phi) is 2.81. The molecule has 4 heteroatoms. The van der Waals surface area contributed by atoms with Crippen LogP contribution in [0.3, 0.4) is 0 Å². The lowest BCUT2D eigenvalue weighted by Gasteiger charge is -2.23. The molecule has 16 heavy (non-hydrogen) atoms. The van der Waals surface area contributed by atoms with E-state index in [1.807, 2.05) is 19.9 Å². The van der Waals surface area contributed by atoms with Gasteiger partial charge in [-0.1, -0.05) is 13.8 Å². The van der Waals surface area contributed by atoms with Gasteiger partial charge in [0.25, 0.3) is 0 Å². The van der Waals surface area contributed by atoms with Gasteiger partial charge in [0.05, 0.1) is 7.11 Å². The number of hydrogen-bond donors (Lipinski definition) is 1. The molecule has 1 aliphatic rings. The minimum absolute atomic E-state index is 0.0309. The Morgan fingerprint density at radius 3 is 2.62 bits per heavy atom. The molecule has 0 aromatic heterocycles. The minimum atomic E-state index is 0.0309. The summed E-state index contributed by atoms with van der Waals surface area (Å²) in [6.07, 6.45) is 0. The number of rotatable bonds is 2. The van der Waals surface area contributed by atoms with Gasteiger partial charge in [-0.3, -0.25) is 0 Å². The fourth-order valence-electron chi connectivity index (χ4n) is 1.81. The summed E-state index contributed by atoms with van der Waals surface area (Å²) in [5, 5.41) is 10.0. The Hall–Kier alpha value is -1.58. The van der Waals surface area contributed by atoms with Gasteiger partial charge in [0.15, 0.2) is 11.5 Å². The third kappa shape index (κ3) is 1.64. The van der Waals surface area contributed by atoms with Crippen LogP contribution >= 0.6 is 0 Å². The maximum absolute atomic E-state index is 10.0. The predicted octanol–water partition coefficient (Wildman–Crippen LogP) is 2.30. The maximum Gasteiger partial charge on any atom is 0.207 e. The van der Waals surface area contributed by atoms with Crippen LogP contribution in [0.5, 0.6) is 23.0 Å². The third-order valence-electron chi connectivity index (χ3n) is 2.62. The van der Waals surface area contributed by atoms with E-state index >= 15 is 0 Å². The van der Waals surface area contributed by atoms with Gasteiger partial charge in [-0.25, -0.2) is 0 Å². The molecule has 0 unspecified atom stereocenters. The Balaban J connectivity index is 2.59. The standard InChI is InChI=1S/C12H16O4/c1-7(2)8-6-9-12(16-5-4-15-9)10(13)11(8)14-3/h6-7,13H,4-5H2,1-3H3. The number of fused-ring (bicyclic) bond motifs is 1. The first-order chi connectivity index (χ1) is 7.65. The smallest absolute Gasteiger partial charge is 0.207 e. The minimum Gasteiger partial charge on any atom is -0.502 e. The zero-order chi connectivity index (χ0) is 11.7. The summed E-state index contributed by atoms with van der Waals surface area (Å²) in [5.74, 6) is 1.72. The highest BCUT2D eigenvalue weighted by Crippen LogP contribution is 2.48. The molecule has 1 aromatic rings. The quantitative estimate of drug-likeness (QED) is 0.837. The molecule has 0 radical (unpaired) electrons. The summed E-state index contributed by atoms with van der Waals surface area (Å²) in [6, 6.07) is 1.87. The molecular weight excluding hydrogens is 208 g/mol. The second-order valence-electron chi connectivity index (χ2n) is 4.03. The van der Waals surface area contributed by atoms with E-state index in [4.69, 9.17) is 14.2 Å². The van der Waals surface area contributed by atoms with Gasteiger partial charge in [-0.15, -0.1) is 0 Å². The molecule has 88 valence electrons. The maximum atomic E-state index is 10.0. The van der Waals surface area contributed by atoms with E-state index in [0.717, 1.165) is 5.56 Å². The Morgan fingerprint density at radius 1 is 1.31 bits per heavy atom. The monoisotopic (exact) mass is 224 g/mol. The average Bonchev–Trinajstić information content (AvgIpc) is 2.29. The van der Waals surface area contributed by atoms with Crippen molar-refractivity contribution in [2.24, 2.45) is 0 Å². The number of hydrogen-bond acceptors (Lipinski definition) is 4. The van der Waals surface area contributed by atoms with Gasteiger partial charge in [0.1, 0.15) is 13.2 Å². The second kappa shape index (κ2) is 4.12. The zero-order valence-electron chi connectivity index (χ0n) is 9.74. The number of aromatic hydroxyl groups is 1. The van der Waals surface area contributed by atoms with Crippen LogP contribution in [0.2, 0.25) is 0 Å². The van der Waals surface area contributed by atoms with Crippen LogP contribution in [-0.2, 0) is 0 Å². The number of ether oxygens (including phenoxy) is 3. The molecule has 0 bridgehead atoms. The topological polar surface area (TPSA) is 47.9 Å². The van der Waals surface area contributed by atoms with Crippen LogP contribution < -0.4 is 14.2 Å². The number of methoxy groups -OCH3 is 1. The zero-order valence-corrected chi connectivity index (χ0v) is 9.74. The Labute approximate surface area is 94.8 Å². The van der Waals surface area contributed by atoms with E-state index < -0.39 is 0 Å². The lowest BCUT2D eigenvalue weighted by molar-refractivity contribution is 0.163. The van der Waals surface area contributed by atoms with Gasteiger partial charge in [-0.05, 0) is 12.0 Å². The fourth-order valence-corrected chi connectivity index (χ4v) is 1.81. The molecule has 0 amide bonds. The van der Waals surface area contributed by atoms with Crippen LogP contribution in [0.4, 0.5) is 0 Å². The summed E-state index contributed by atoms with van der Waals surface area (Å²) in [7, 11) is 1.54. The molecule has 0 spiro atoms. The van der Waals surface area contributed by atoms with Gasteiger partial charge in [0, 0.05) is 5.56 Å². The first kappa shape index (κ1) is 10.9. The fraction of sp³-hybridized carbons (Fsp3) is 0.500. The summed E-state index contributed by atoms with van der Waals surface area (Å²) < 4.78 is 16.0. The van der Waals surface area contributed by atoms with E-state index in [-0.39, 0.29) is 11.7 Å². The van der Waals surface area contributed by atoms with Crippen molar-refractivity contribution >= 4 is 0 Å². The highest BCUT2D eigenvalue weighted by molar-refractivity contribution is 5.63.